The summed E-state index contributed by atoms with van der Waals surface area (Å²) in [4.78, 5) is 17.0. The molecule has 94 valence electrons. The van der Waals surface area contributed by atoms with Crippen molar-refractivity contribution >= 4 is 11.6 Å². The van der Waals surface area contributed by atoms with Crippen molar-refractivity contribution < 1.29 is 4.79 Å². The monoisotopic (exact) mass is 235 g/mol. The number of carbonyl (C=O) groups excluding carboxylic acids is 1. The van der Waals surface area contributed by atoms with Gasteiger partial charge in [-0.15, -0.1) is 0 Å². The van der Waals surface area contributed by atoms with Gasteiger partial charge in [-0.2, -0.15) is 0 Å². The molecular weight excluding hydrogens is 214 g/mol. The van der Waals surface area contributed by atoms with E-state index in [4.69, 9.17) is 5.73 Å². The quantitative estimate of drug-likeness (QED) is 0.825. The van der Waals surface area contributed by atoms with Crippen LogP contribution in [0.4, 0.5) is 5.69 Å². The zero-order valence-corrected chi connectivity index (χ0v) is 10.6. The number of nitrogens with two attached hydrogens (primary N) is 1. The molecule has 0 bridgehead atoms. The van der Waals surface area contributed by atoms with Gasteiger partial charge in [0.2, 0.25) is 0 Å². The van der Waals surface area contributed by atoms with Gasteiger partial charge in [0.15, 0.2) is 0 Å². The number of piperidine rings is 1. The molecule has 2 rings (SSSR count). The van der Waals surface area contributed by atoms with Gasteiger partial charge < -0.3 is 15.6 Å². The van der Waals surface area contributed by atoms with Crippen molar-refractivity contribution in [2.75, 3.05) is 18.8 Å². The van der Waals surface area contributed by atoms with E-state index in [0.29, 0.717) is 16.8 Å². The van der Waals surface area contributed by atoms with E-state index in [1.807, 2.05) is 4.90 Å². The van der Waals surface area contributed by atoms with Crippen LogP contribution in [0.15, 0.2) is 12.3 Å². The molecule has 0 unspecified atom stereocenters. The number of likely N-dealkylation sites (tertiary alicyclic amines) is 1. The van der Waals surface area contributed by atoms with Crippen LogP contribution in [0, 0.1) is 5.41 Å². The smallest absolute Gasteiger partial charge is 0.270 e. The van der Waals surface area contributed by atoms with Crippen molar-refractivity contribution in [2.45, 2.75) is 33.1 Å². The first-order valence-electron chi connectivity index (χ1n) is 6.27. The Labute approximate surface area is 102 Å². The summed E-state index contributed by atoms with van der Waals surface area (Å²) in [6.45, 7) is 6.23. The number of H-pyrrole nitrogens is 1. The molecular formula is C13H21N3O. The maximum atomic E-state index is 12.2. The second-order valence-corrected chi connectivity index (χ2v) is 5.30. The van der Waals surface area contributed by atoms with Gasteiger partial charge in [-0.05, 0) is 24.3 Å². The van der Waals surface area contributed by atoms with E-state index in [1.54, 1.807) is 12.3 Å². The number of nitrogen functional groups attached to an aromatic ring is 1. The molecule has 1 aromatic rings. The molecule has 0 radical (unpaired) electrons. The number of aromatic nitrogens is 1. The van der Waals surface area contributed by atoms with Crippen LogP contribution < -0.4 is 5.73 Å². The highest BCUT2D eigenvalue weighted by molar-refractivity contribution is 5.93. The van der Waals surface area contributed by atoms with Crippen LogP contribution in [0.2, 0.25) is 0 Å². The third-order valence-electron chi connectivity index (χ3n) is 4.05. The first-order chi connectivity index (χ1) is 8.04. The predicted octanol–water partition coefficient (Wildman–Crippen LogP) is 2.25. The van der Waals surface area contributed by atoms with E-state index in [9.17, 15) is 4.79 Å². The number of hydrogen-bond acceptors (Lipinski definition) is 2. The van der Waals surface area contributed by atoms with Crippen molar-refractivity contribution in [3.05, 3.63) is 18.0 Å². The maximum absolute atomic E-state index is 12.2. The van der Waals surface area contributed by atoms with Gasteiger partial charge in [0.25, 0.3) is 5.91 Å². The normalized spacial score (nSPS) is 19.3. The molecule has 0 aliphatic carbocycles. The van der Waals surface area contributed by atoms with Crippen molar-refractivity contribution in [2.24, 2.45) is 5.41 Å². The Balaban J connectivity index is 1.99. The molecule has 1 aliphatic rings. The summed E-state index contributed by atoms with van der Waals surface area (Å²) in [5.41, 5.74) is 7.23. The third-order valence-corrected chi connectivity index (χ3v) is 4.05. The van der Waals surface area contributed by atoms with Crippen LogP contribution in [0.1, 0.15) is 43.6 Å². The number of aromatic amines is 1. The summed E-state index contributed by atoms with van der Waals surface area (Å²) >= 11 is 0. The third kappa shape index (κ3) is 2.46. The molecule has 0 spiro atoms. The second kappa shape index (κ2) is 4.43. The fraction of sp³-hybridized carbons (Fsp3) is 0.615. The molecule has 1 aliphatic heterocycles. The van der Waals surface area contributed by atoms with Crippen LogP contribution in [0.5, 0.6) is 0 Å². The van der Waals surface area contributed by atoms with Gasteiger partial charge in [-0.1, -0.05) is 20.3 Å². The number of rotatable bonds is 2. The molecule has 4 heteroatoms. The molecule has 1 amide bonds. The van der Waals surface area contributed by atoms with E-state index >= 15 is 0 Å². The average Bonchev–Trinajstić information content (AvgIpc) is 2.76. The molecule has 0 atom stereocenters. The van der Waals surface area contributed by atoms with Gasteiger partial charge in [-0.3, -0.25) is 4.79 Å². The maximum Gasteiger partial charge on any atom is 0.270 e. The molecule has 2 heterocycles. The minimum absolute atomic E-state index is 0.0693. The number of anilines is 1. The minimum Gasteiger partial charge on any atom is -0.397 e. The van der Waals surface area contributed by atoms with Gasteiger partial charge >= 0.3 is 0 Å². The molecule has 3 N–H and O–H groups in total. The first kappa shape index (κ1) is 12.0. The number of nitrogens with zero attached hydrogens (tertiary/aromatic N) is 1. The van der Waals surface area contributed by atoms with Crippen LogP contribution in [0.3, 0.4) is 0 Å². The Hall–Kier alpha value is -1.45. The zero-order valence-electron chi connectivity index (χ0n) is 10.6. The predicted molar refractivity (Wildman–Crippen MR) is 68.7 cm³/mol. The number of nitrogens with one attached hydrogen (secondary N) is 1. The van der Waals surface area contributed by atoms with Gasteiger partial charge in [0, 0.05) is 25.0 Å². The molecule has 0 aromatic carbocycles. The summed E-state index contributed by atoms with van der Waals surface area (Å²) in [7, 11) is 0. The summed E-state index contributed by atoms with van der Waals surface area (Å²) in [6, 6.07) is 1.70. The Morgan fingerprint density at radius 2 is 2.18 bits per heavy atom. The summed E-state index contributed by atoms with van der Waals surface area (Å²) in [5.74, 6) is 0.0693. The van der Waals surface area contributed by atoms with Gasteiger partial charge in [0.05, 0.1) is 0 Å². The van der Waals surface area contributed by atoms with Gasteiger partial charge in [0.1, 0.15) is 5.69 Å². The van der Waals surface area contributed by atoms with Crippen LogP contribution in [-0.4, -0.2) is 28.9 Å². The van der Waals surface area contributed by atoms with E-state index in [0.717, 1.165) is 25.9 Å². The van der Waals surface area contributed by atoms with Crippen molar-refractivity contribution in [1.29, 1.82) is 0 Å². The fourth-order valence-electron chi connectivity index (χ4n) is 2.31. The van der Waals surface area contributed by atoms with E-state index < -0.39 is 0 Å². The van der Waals surface area contributed by atoms with Gasteiger partial charge in [-0.25, -0.2) is 0 Å². The lowest BCUT2D eigenvalue weighted by Crippen LogP contribution is -2.42. The zero-order chi connectivity index (χ0) is 12.5. The second-order valence-electron chi connectivity index (χ2n) is 5.30. The standard InChI is InChI=1S/C13H21N3O/c1-3-13(2)4-6-16(7-5-13)12(17)11-8-10(14)9-15-11/h8-9,15H,3-7,14H2,1-2H3. The fourth-order valence-corrected chi connectivity index (χ4v) is 2.31. The molecule has 1 saturated heterocycles. The summed E-state index contributed by atoms with van der Waals surface area (Å²) < 4.78 is 0. The topological polar surface area (TPSA) is 62.1 Å². The lowest BCUT2D eigenvalue weighted by atomic mass is 9.78. The van der Waals surface area contributed by atoms with Crippen LogP contribution in [0.25, 0.3) is 0 Å². The largest absolute Gasteiger partial charge is 0.397 e. The van der Waals surface area contributed by atoms with Crippen molar-refractivity contribution in [3.8, 4) is 0 Å². The lowest BCUT2D eigenvalue weighted by molar-refractivity contribution is 0.0595. The van der Waals surface area contributed by atoms with E-state index in [-0.39, 0.29) is 5.91 Å². The van der Waals surface area contributed by atoms with Crippen LogP contribution in [-0.2, 0) is 0 Å². The molecule has 0 saturated carbocycles. The van der Waals surface area contributed by atoms with E-state index in [1.165, 1.54) is 6.42 Å². The van der Waals surface area contributed by atoms with Crippen LogP contribution >= 0.6 is 0 Å². The molecule has 1 fully saturated rings. The van der Waals surface area contributed by atoms with Crippen molar-refractivity contribution in [1.82, 2.24) is 9.88 Å². The highest BCUT2D eigenvalue weighted by Gasteiger charge is 2.30. The highest BCUT2D eigenvalue weighted by atomic mass is 16.2. The first-order valence-corrected chi connectivity index (χ1v) is 6.27. The van der Waals surface area contributed by atoms with Crippen molar-refractivity contribution in [3.63, 3.8) is 0 Å². The Bertz CT molecular complexity index is 403. The molecule has 4 nitrogen and oxygen atoms in total. The number of amides is 1. The Kier molecular flexibility index (Phi) is 3.13. The Morgan fingerprint density at radius 1 is 1.53 bits per heavy atom. The molecule has 17 heavy (non-hydrogen) atoms. The number of carbonyl (C=O) groups is 1. The average molecular weight is 235 g/mol. The lowest BCUT2D eigenvalue weighted by Gasteiger charge is -2.38. The Morgan fingerprint density at radius 3 is 2.65 bits per heavy atom. The highest BCUT2D eigenvalue weighted by Crippen LogP contribution is 2.34. The summed E-state index contributed by atoms with van der Waals surface area (Å²) in [6.07, 6.45) is 5.02. The summed E-state index contributed by atoms with van der Waals surface area (Å²) in [5, 5.41) is 0. The SMILES string of the molecule is CCC1(C)CCN(C(=O)c2cc(N)c[nH]2)CC1. The van der Waals surface area contributed by atoms with E-state index in [2.05, 4.69) is 18.8 Å². The minimum atomic E-state index is 0.0693. The molecule has 1 aromatic heterocycles. The number of hydrogen-bond donors (Lipinski definition) is 2.